The van der Waals surface area contributed by atoms with E-state index in [0.29, 0.717) is 22.8 Å². The largest absolute Gasteiger partial charge is 0.377 e. The number of nitrogens with zero attached hydrogens (tertiary/aromatic N) is 2. The highest BCUT2D eigenvalue weighted by Crippen LogP contribution is 2.33. The molecule has 208 valence electrons. The molecule has 2 N–H and O–H groups in total. The number of nitro benzene ring substituents is 2. The van der Waals surface area contributed by atoms with Crippen LogP contribution in [0.5, 0.6) is 0 Å². The number of carbonyl (C=O) groups excluding carboxylic acids is 2. The van der Waals surface area contributed by atoms with Crippen molar-refractivity contribution in [1.29, 1.82) is 0 Å². The highest BCUT2D eigenvalue weighted by Gasteiger charge is 2.22. The molecule has 14 heteroatoms. The van der Waals surface area contributed by atoms with Crippen LogP contribution in [0, 0.1) is 26.0 Å². The van der Waals surface area contributed by atoms with E-state index >= 15 is 0 Å². The molecule has 1 fully saturated rings. The fourth-order valence-electron chi connectivity index (χ4n) is 3.85. The van der Waals surface area contributed by atoms with Gasteiger partial charge in [-0.05, 0) is 54.8 Å². The van der Waals surface area contributed by atoms with Crippen molar-refractivity contribution in [2.24, 2.45) is 0 Å². The molecule has 2 amide bonds. The summed E-state index contributed by atoms with van der Waals surface area (Å²) in [6, 6.07) is 13.7. The lowest BCUT2D eigenvalue weighted by Gasteiger charge is -2.11. The second kappa shape index (κ2) is 13.4. The molecule has 1 aliphatic heterocycles. The molecule has 0 aromatic heterocycles. The minimum Gasteiger partial charge on any atom is -0.377 e. The first-order valence-corrected chi connectivity index (χ1v) is 14.0. The van der Waals surface area contributed by atoms with Crippen LogP contribution in [0.3, 0.4) is 0 Å². The van der Waals surface area contributed by atoms with Crippen LogP contribution in [0.15, 0.2) is 70.5 Å². The third-order valence-electron chi connectivity index (χ3n) is 5.86. The van der Waals surface area contributed by atoms with Gasteiger partial charge in [-0.2, -0.15) is 0 Å². The maximum Gasteiger partial charge on any atom is 0.283 e. The molecule has 0 bridgehead atoms. The SMILES string of the molecule is O=C(NNC(=O)c1ccc(SC[C@H]2CCCO2)c([N+](=O)[O-])c1)c1ccc(SCc2cccc(F)c2)c([N+](=O)[O-])c1. The zero-order valence-electron chi connectivity index (χ0n) is 20.8. The number of nitro groups is 2. The summed E-state index contributed by atoms with van der Waals surface area (Å²) in [4.78, 5) is 47.8. The van der Waals surface area contributed by atoms with Crippen LogP contribution >= 0.6 is 23.5 Å². The number of thioether (sulfide) groups is 2. The van der Waals surface area contributed by atoms with E-state index in [4.69, 9.17) is 4.74 Å². The van der Waals surface area contributed by atoms with E-state index in [1.54, 1.807) is 12.1 Å². The fourth-order valence-corrected chi connectivity index (χ4v) is 5.87. The molecular formula is C26H23FN4O7S2. The summed E-state index contributed by atoms with van der Waals surface area (Å²) >= 11 is 2.39. The second-order valence-corrected chi connectivity index (χ2v) is 10.7. The maximum atomic E-state index is 13.4. The Kier molecular flexibility index (Phi) is 9.69. The minimum absolute atomic E-state index is 0.0275. The summed E-state index contributed by atoms with van der Waals surface area (Å²) < 4.78 is 19.0. The van der Waals surface area contributed by atoms with E-state index < -0.39 is 27.5 Å². The van der Waals surface area contributed by atoms with Crippen LogP contribution in [0.2, 0.25) is 0 Å². The molecule has 3 aromatic rings. The summed E-state index contributed by atoms with van der Waals surface area (Å²) in [6.07, 6.45) is 1.87. The Bertz CT molecular complexity index is 1450. The topological polar surface area (TPSA) is 154 Å². The lowest BCUT2D eigenvalue weighted by molar-refractivity contribution is -0.387. The third-order valence-corrected chi connectivity index (χ3v) is 8.19. The van der Waals surface area contributed by atoms with Gasteiger partial charge in [-0.1, -0.05) is 12.1 Å². The molecule has 11 nitrogen and oxygen atoms in total. The van der Waals surface area contributed by atoms with Crippen LogP contribution in [-0.2, 0) is 10.5 Å². The van der Waals surface area contributed by atoms with Crippen LogP contribution in [0.4, 0.5) is 15.8 Å². The molecule has 1 heterocycles. The van der Waals surface area contributed by atoms with Crippen molar-refractivity contribution in [2.75, 3.05) is 12.4 Å². The predicted molar refractivity (Wildman–Crippen MR) is 147 cm³/mol. The predicted octanol–water partition coefficient (Wildman–Crippen LogP) is 5.28. The molecule has 1 aliphatic rings. The highest BCUT2D eigenvalue weighted by atomic mass is 32.2. The molecule has 0 spiro atoms. The summed E-state index contributed by atoms with van der Waals surface area (Å²) in [5.41, 5.74) is 4.27. The van der Waals surface area contributed by atoms with Gasteiger partial charge in [0, 0.05) is 41.4 Å². The minimum atomic E-state index is -0.823. The summed E-state index contributed by atoms with van der Waals surface area (Å²) in [5.74, 6) is -1.21. The Morgan fingerprint density at radius 1 is 0.900 bits per heavy atom. The number of amides is 2. The smallest absolute Gasteiger partial charge is 0.283 e. The molecule has 40 heavy (non-hydrogen) atoms. The van der Waals surface area contributed by atoms with E-state index in [1.165, 1.54) is 48.2 Å². The molecule has 0 unspecified atom stereocenters. The normalized spacial score (nSPS) is 14.5. The number of hydrogen-bond donors (Lipinski definition) is 2. The number of hydrogen-bond acceptors (Lipinski definition) is 9. The van der Waals surface area contributed by atoms with E-state index in [-0.39, 0.29) is 39.3 Å². The van der Waals surface area contributed by atoms with Gasteiger partial charge in [0.25, 0.3) is 23.2 Å². The van der Waals surface area contributed by atoms with E-state index in [0.717, 1.165) is 36.7 Å². The van der Waals surface area contributed by atoms with Gasteiger partial charge in [0.05, 0.1) is 25.7 Å². The van der Waals surface area contributed by atoms with Crippen molar-refractivity contribution in [1.82, 2.24) is 10.9 Å². The Labute approximate surface area is 236 Å². The van der Waals surface area contributed by atoms with Crippen molar-refractivity contribution in [3.05, 3.63) is 103 Å². The number of halogens is 1. The number of hydrazine groups is 1. The first kappa shape index (κ1) is 29.0. The van der Waals surface area contributed by atoms with Crippen molar-refractivity contribution in [3.8, 4) is 0 Å². The fraction of sp³-hybridized carbons (Fsp3) is 0.231. The van der Waals surface area contributed by atoms with E-state index in [1.807, 2.05) is 0 Å². The van der Waals surface area contributed by atoms with E-state index in [2.05, 4.69) is 10.9 Å². The molecule has 3 aromatic carbocycles. The Balaban J connectivity index is 1.39. The van der Waals surface area contributed by atoms with Crippen LogP contribution in [0.25, 0.3) is 0 Å². The van der Waals surface area contributed by atoms with Crippen LogP contribution < -0.4 is 10.9 Å². The highest BCUT2D eigenvalue weighted by molar-refractivity contribution is 7.99. The zero-order chi connectivity index (χ0) is 28.6. The molecular weight excluding hydrogens is 563 g/mol. The van der Waals surface area contributed by atoms with Gasteiger partial charge in [-0.25, -0.2) is 4.39 Å². The van der Waals surface area contributed by atoms with Crippen LogP contribution in [0.1, 0.15) is 39.1 Å². The van der Waals surface area contributed by atoms with Gasteiger partial charge in [-0.15, -0.1) is 23.5 Å². The molecule has 0 radical (unpaired) electrons. The first-order valence-electron chi connectivity index (χ1n) is 12.0. The average molecular weight is 587 g/mol. The van der Waals surface area contributed by atoms with Gasteiger partial charge >= 0.3 is 0 Å². The lowest BCUT2D eigenvalue weighted by Crippen LogP contribution is -2.41. The average Bonchev–Trinajstić information content (AvgIpc) is 3.47. The standard InChI is InChI=1S/C26H23FN4O7S2/c27-19-4-1-3-16(11-19)14-39-23-8-6-17(12-21(23)30(34)35)25(32)28-29-26(33)18-7-9-24(22(13-18)31(36)37)40-15-20-5-2-10-38-20/h1,3-4,6-9,11-13,20H,2,5,10,14-15H2,(H,28,32)(H,29,33)/t20-/m1/s1. The van der Waals surface area contributed by atoms with Gasteiger partial charge in [0.15, 0.2) is 0 Å². The Morgan fingerprint density at radius 2 is 1.50 bits per heavy atom. The number of nitrogens with one attached hydrogen (secondary N) is 2. The van der Waals surface area contributed by atoms with Crippen molar-refractivity contribution >= 4 is 46.7 Å². The quantitative estimate of drug-likeness (QED) is 0.183. The van der Waals surface area contributed by atoms with Crippen LogP contribution in [-0.4, -0.2) is 40.1 Å². The lowest BCUT2D eigenvalue weighted by atomic mass is 10.2. The molecule has 0 saturated carbocycles. The Hall–Kier alpha value is -4.01. The third kappa shape index (κ3) is 7.55. The summed E-state index contributed by atoms with van der Waals surface area (Å²) in [6.45, 7) is 0.672. The van der Waals surface area contributed by atoms with Gasteiger partial charge in [0.2, 0.25) is 0 Å². The van der Waals surface area contributed by atoms with E-state index in [9.17, 15) is 34.2 Å². The van der Waals surface area contributed by atoms with Gasteiger partial charge < -0.3 is 4.74 Å². The summed E-state index contributed by atoms with van der Waals surface area (Å²) in [5, 5.41) is 23.2. The second-order valence-electron chi connectivity index (χ2n) is 8.65. The molecule has 4 rings (SSSR count). The van der Waals surface area contributed by atoms with Crippen molar-refractivity contribution in [3.63, 3.8) is 0 Å². The Morgan fingerprint density at radius 3 is 2.02 bits per heavy atom. The number of ether oxygens (including phenoxy) is 1. The summed E-state index contributed by atoms with van der Waals surface area (Å²) in [7, 11) is 0. The number of rotatable bonds is 10. The number of benzene rings is 3. The molecule has 1 atom stereocenters. The monoisotopic (exact) mass is 586 g/mol. The molecule has 1 saturated heterocycles. The molecule has 0 aliphatic carbocycles. The van der Waals surface area contributed by atoms with Crippen molar-refractivity contribution < 1.29 is 28.6 Å². The van der Waals surface area contributed by atoms with Gasteiger partial charge in [-0.3, -0.25) is 40.7 Å². The van der Waals surface area contributed by atoms with Crippen molar-refractivity contribution in [2.45, 2.75) is 34.5 Å². The maximum absolute atomic E-state index is 13.4. The van der Waals surface area contributed by atoms with Gasteiger partial charge in [0.1, 0.15) is 5.82 Å². The zero-order valence-corrected chi connectivity index (χ0v) is 22.5. The first-order chi connectivity index (χ1) is 19.2. The number of carbonyl (C=O) groups is 2.